The van der Waals surface area contributed by atoms with Crippen LogP contribution in [0.1, 0.15) is 37.2 Å². The summed E-state index contributed by atoms with van der Waals surface area (Å²) in [5, 5.41) is 0.792. The molecule has 1 aliphatic rings. The van der Waals surface area contributed by atoms with E-state index in [-0.39, 0.29) is 0 Å². The summed E-state index contributed by atoms with van der Waals surface area (Å²) < 4.78 is 22.8. The maximum Gasteiger partial charge on any atom is 0.299 e. The third kappa shape index (κ3) is 6.29. The first kappa shape index (κ1) is 16.3. The Kier molecular flexibility index (Phi) is 7.23. The van der Waals surface area contributed by atoms with Gasteiger partial charge in [-0.1, -0.05) is 23.7 Å². The van der Waals surface area contributed by atoms with E-state index in [9.17, 15) is 4.79 Å². The Morgan fingerprint density at radius 1 is 1.11 bits per heavy atom. The number of hydrogen-bond acceptors (Lipinski definition) is 2. The van der Waals surface area contributed by atoms with E-state index in [1.54, 1.807) is 0 Å². The van der Waals surface area contributed by atoms with E-state index in [1.165, 1.54) is 5.56 Å². The van der Waals surface area contributed by atoms with Gasteiger partial charge in [0.05, 0.1) is 0 Å². The van der Waals surface area contributed by atoms with Gasteiger partial charge >= 0.3 is 0 Å². The molecule has 1 aliphatic carbocycles. The smallest absolute Gasteiger partial charge is 0.299 e. The van der Waals surface area contributed by atoms with Gasteiger partial charge in [0.25, 0.3) is 11.4 Å². The van der Waals surface area contributed by atoms with Gasteiger partial charge in [0.1, 0.15) is 6.29 Å². The van der Waals surface area contributed by atoms with E-state index in [1.807, 2.05) is 12.1 Å². The Balaban J connectivity index is 0.000000399. The molecule has 1 aromatic rings. The predicted molar refractivity (Wildman–Crippen MR) is 75.6 cm³/mol. The lowest BCUT2D eigenvalue weighted by molar-refractivity contribution is -0.111. The minimum absolute atomic E-state index is 0.300. The number of benzene rings is 1. The van der Waals surface area contributed by atoms with Crippen LogP contribution < -0.4 is 0 Å². The Labute approximate surface area is 120 Å². The fourth-order valence-corrected chi connectivity index (χ4v) is 2.45. The summed E-state index contributed by atoms with van der Waals surface area (Å²) in [6.07, 6.45) is 5.45. The van der Waals surface area contributed by atoms with Gasteiger partial charge in [-0.15, -0.1) is 0 Å². The van der Waals surface area contributed by atoms with Gasteiger partial charge in [-0.2, -0.15) is 4.21 Å². The van der Waals surface area contributed by atoms with E-state index >= 15 is 0 Å². The highest BCUT2D eigenvalue weighted by molar-refractivity contribution is 7.73. The molecule has 1 aromatic carbocycles. The molecule has 6 heteroatoms. The zero-order valence-corrected chi connectivity index (χ0v) is 11.9. The standard InChI is InChI=1S/C13H15ClO.H2O3S/c14-13-7-5-12(6-8-13)11-3-1-10(9-15)2-4-11;1-4(2)3/h5-11H,1-4H2;(H2,1,2,3)/t10-,11-;. The van der Waals surface area contributed by atoms with E-state index in [4.69, 9.17) is 24.9 Å². The van der Waals surface area contributed by atoms with Crippen LogP contribution in [0.3, 0.4) is 0 Å². The summed E-state index contributed by atoms with van der Waals surface area (Å²) >= 11 is 3.24. The predicted octanol–water partition coefficient (Wildman–Crippen LogP) is 3.49. The highest BCUT2D eigenvalue weighted by Crippen LogP contribution is 2.35. The molecule has 0 spiro atoms. The molecule has 0 atom stereocenters. The summed E-state index contributed by atoms with van der Waals surface area (Å²) in [6.45, 7) is 0. The minimum atomic E-state index is -2.61. The second kappa shape index (κ2) is 8.43. The summed E-state index contributed by atoms with van der Waals surface area (Å²) in [7, 11) is 0. The largest absolute Gasteiger partial charge is 0.303 e. The van der Waals surface area contributed by atoms with Gasteiger partial charge < -0.3 is 4.79 Å². The van der Waals surface area contributed by atoms with Gasteiger partial charge in [-0.3, -0.25) is 9.11 Å². The maximum atomic E-state index is 10.6. The second-order valence-corrected chi connectivity index (χ2v) is 5.43. The highest BCUT2D eigenvalue weighted by atomic mass is 35.5. The molecular formula is C13H17ClO4S. The zero-order valence-electron chi connectivity index (χ0n) is 10.4. The molecule has 2 N–H and O–H groups in total. The van der Waals surface area contributed by atoms with E-state index in [0.29, 0.717) is 11.8 Å². The lowest BCUT2D eigenvalue weighted by Gasteiger charge is -2.25. The molecule has 0 bridgehead atoms. The number of halogens is 1. The summed E-state index contributed by atoms with van der Waals surface area (Å²) in [4.78, 5) is 10.6. The Morgan fingerprint density at radius 3 is 2.00 bits per heavy atom. The zero-order chi connectivity index (χ0) is 14.3. The van der Waals surface area contributed by atoms with Crippen LogP contribution in [0.4, 0.5) is 0 Å². The van der Waals surface area contributed by atoms with Crippen molar-refractivity contribution < 1.29 is 18.1 Å². The Morgan fingerprint density at radius 2 is 1.58 bits per heavy atom. The second-order valence-electron chi connectivity index (χ2n) is 4.53. The number of carbonyl (C=O) groups is 1. The van der Waals surface area contributed by atoms with Crippen LogP contribution in [0, 0.1) is 5.92 Å². The SMILES string of the molecule is O=C[C@H]1CC[C@H](c2ccc(Cl)cc2)CC1.O=S(O)O. The van der Waals surface area contributed by atoms with Crippen molar-refractivity contribution in [3.63, 3.8) is 0 Å². The summed E-state index contributed by atoms with van der Waals surface area (Å²) in [5.41, 5.74) is 1.36. The molecule has 0 radical (unpaired) electrons. The molecule has 1 fully saturated rings. The summed E-state index contributed by atoms with van der Waals surface area (Å²) in [6, 6.07) is 8.11. The fraction of sp³-hybridized carbons (Fsp3) is 0.462. The average molecular weight is 305 g/mol. The van der Waals surface area contributed by atoms with Crippen LogP contribution in [0.25, 0.3) is 0 Å². The molecule has 19 heavy (non-hydrogen) atoms. The molecule has 2 rings (SSSR count). The van der Waals surface area contributed by atoms with Crippen molar-refractivity contribution >= 4 is 29.2 Å². The first-order valence-corrected chi connectivity index (χ1v) is 7.47. The monoisotopic (exact) mass is 304 g/mol. The third-order valence-corrected chi connectivity index (χ3v) is 3.56. The molecule has 0 aliphatic heterocycles. The maximum absolute atomic E-state index is 10.6. The van der Waals surface area contributed by atoms with Gasteiger partial charge in [-0.05, 0) is 49.3 Å². The molecule has 4 nitrogen and oxygen atoms in total. The number of hydrogen-bond donors (Lipinski definition) is 2. The van der Waals surface area contributed by atoms with Crippen LogP contribution in [0.2, 0.25) is 5.02 Å². The van der Waals surface area contributed by atoms with Crippen molar-refractivity contribution in [2.24, 2.45) is 5.92 Å². The number of aldehydes is 1. The van der Waals surface area contributed by atoms with Crippen molar-refractivity contribution in [2.75, 3.05) is 0 Å². The van der Waals surface area contributed by atoms with E-state index in [0.717, 1.165) is 37.0 Å². The molecule has 106 valence electrons. The van der Waals surface area contributed by atoms with Crippen molar-refractivity contribution in [3.05, 3.63) is 34.9 Å². The molecule has 0 heterocycles. The van der Waals surface area contributed by atoms with Crippen LogP contribution in [0.15, 0.2) is 24.3 Å². The summed E-state index contributed by atoms with van der Waals surface area (Å²) in [5.74, 6) is 0.923. The lowest BCUT2D eigenvalue weighted by atomic mass is 9.79. The Hall–Kier alpha value is -0.750. The van der Waals surface area contributed by atoms with Crippen LogP contribution in [-0.4, -0.2) is 19.6 Å². The number of rotatable bonds is 2. The van der Waals surface area contributed by atoms with Crippen molar-refractivity contribution in [1.29, 1.82) is 0 Å². The van der Waals surface area contributed by atoms with Crippen LogP contribution >= 0.6 is 11.6 Å². The average Bonchev–Trinajstić information content (AvgIpc) is 2.39. The quantitative estimate of drug-likeness (QED) is 0.648. The lowest BCUT2D eigenvalue weighted by Crippen LogP contribution is -2.13. The van der Waals surface area contributed by atoms with Crippen LogP contribution in [-0.2, 0) is 16.2 Å². The van der Waals surface area contributed by atoms with Crippen molar-refractivity contribution in [1.82, 2.24) is 0 Å². The van der Waals surface area contributed by atoms with Gasteiger partial charge in [0.15, 0.2) is 0 Å². The molecule has 0 amide bonds. The topological polar surface area (TPSA) is 74.6 Å². The highest BCUT2D eigenvalue weighted by Gasteiger charge is 2.21. The van der Waals surface area contributed by atoms with Gasteiger partial charge in [0.2, 0.25) is 0 Å². The molecule has 0 aromatic heterocycles. The fourth-order valence-electron chi connectivity index (χ4n) is 2.32. The molecule has 0 unspecified atom stereocenters. The van der Waals surface area contributed by atoms with Crippen molar-refractivity contribution in [3.8, 4) is 0 Å². The molecular weight excluding hydrogens is 288 g/mol. The first-order valence-electron chi connectivity index (χ1n) is 6.03. The molecule has 0 saturated heterocycles. The number of carbonyl (C=O) groups excluding carboxylic acids is 1. The van der Waals surface area contributed by atoms with E-state index < -0.39 is 11.4 Å². The minimum Gasteiger partial charge on any atom is -0.303 e. The Bertz CT molecular complexity index is 409. The first-order chi connectivity index (χ1) is 9.02. The molecule has 1 saturated carbocycles. The van der Waals surface area contributed by atoms with Gasteiger partial charge in [0, 0.05) is 10.9 Å². The normalized spacial score (nSPS) is 22.5. The van der Waals surface area contributed by atoms with E-state index in [2.05, 4.69) is 12.1 Å². The third-order valence-electron chi connectivity index (χ3n) is 3.31. The van der Waals surface area contributed by atoms with Gasteiger partial charge in [-0.25, -0.2) is 0 Å². The van der Waals surface area contributed by atoms with Crippen molar-refractivity contribution in [2.45, 2.75) is 31.6 Å². The van der Waals surface area contributed by atoms with Crippen LogP contribution in [0.5, 0.6) is 0 Å².